The van der Waals surface area contributed by atoms with Gasteiger partial charge in [0, 0.05) is 10.8 Å². The van der Waals surface area contributed by atoms with Gasteiger partial charge in [0.1, 0.15) is 0 Å². The van der Waals surface area contributed by atoms with E-state index in [1.807, 2.05) is 0 Å². The summed E-state index contributed by atoms with van der Waals surface area (Å²) in [5.41, 5.74) is 0.0129. The molecule has 194 valence electrons. The maximum Gasteiger partial charge on any atom is 0.0902 e. The Bertz CT molecular complexity index is 863. The second-order valence-electron chi connectivity index (χ2n) is 14.7. The molecule has 5 heteroatoms. The van der Waals surface area contributed by atoms with E-state index in [0.717, 1.165) is 44.9 Å². The normalized spacial score (nSPS) is 53.6. The molecule has 0 heterocycles. The summed E-state index contributed by atoms with van der Waals surface area (Å²) in [4.78, 5) is 0. The molecule has 0 amide bonds. The zero-order chi connectivity index (χ0) is 24.9. The smallest absolute Gasteiger partial charge is 0.0902 e. The topological polar surface area (TPSA) is 101 Å². The molecule has 34 heavy (non-hydrogen) atoms. The lowest BCUT2D eigenvalue weighted by Crippen LogP contribution is -2.69. The summed E-state index contributed by atoms with van der Waals surface area (Å²) in [5, 5.41) is 54.6. The van der Waals surface area contributed by atoms with Gasteiger partial charge in [0.2, 0.25) is 0 Å². The fraction of sp³-hybridized carbons (Fsp3) is 0.931. The van der Waals surface area contributed by atoms with Crippen molar-refractivity contribution < 1.29 is 25.5 Å². The van der Waals surface area contributed by atoms with Crippen molar-refractivity contribution in [3.63, 3.8) is 0 Å². The minimum Gasteiger partial charge on any atom is -0.396 e. The van der Waals surface area contributed by atoms with Gasteiger partial charge in [-0.2, -0.15) is 0 Å². The van der Waals surface area contributed by atoms with Crippen LogP contribution < -0.4 is 0 Å². The number of hydrogen-bond donors (Lipinski definition) is 5. The van der Waals surface area contributed by atoms with Crippen molar-refractivity contribution in [2.24, 2.45) is 44.3 Å². The molecular weight excluding hydrogens is 428 g/mol. The molecule has 5 aliphatic rings. The molecule has 5 aliphatic carbocycles. The molecule has 5 nitrogen and oxygen atoms in total. The fourth-order valence-corrected chi connectivity index (χ4v) is 10.7. The molecule has 0 radical (unpaired) electrons. The summed E-state index contributed by atoms with van der Waals surface area (Å²) in [7, 11) is 0. The van der Waals surface area contributed by atoms with E-state index in [9.17, 15) is 25.5 Å². The summed E-state index contributed by atoms with van der Waals surface area (Å²) in [5.74, 6) is 0.203. The third kappa shape index (κ3) is 2.91. The van der Waals surface area contributed by atoms with Crippen LogP contribution in [-0.4, -0.2) is 57.1 Å². The summed E-state index contributed by atoms with van der Waals surface area (Å²) in [6, 6.07) is 0. The minimum atomic E-state index is -1.11. The van der Waals surface area contributed by atoms with Crippen molar-refractivity contribution in [2.45, 2.75) is 111 Å². The van der Waals surface area contributed by atoms with Crippen LogP contribution in [0.1, 0.15) is 92.4 Å². The number of aliphatic hydroxyl groups is 5. The summed E-state index contributed by atoms with van der Waals surface area (Å²) in [6.45, 7) is 11.1. The molecule has 5 rings (SSSR count). The van der Waals surface area contributed by atoms with E-state index in [2.05, 4.69) is 40.7 Å². The quantitative estimate of drug-likeness (QED) is 0.390. The van der Waals surface area contributed by atoms with Crippen LogP contribution in [0.3, 0.4) is 0 Å². The van der Waals surface area contributed by atoms with Gasteiger partial charge in [-0.25, -0.2) is 0 Å². The third-order valence-electron chi connectivity index (χ3n) is 12.8. The number of aliphatic hydroxyl groups excluding tert-OH is 5. The maximum atomic E-state index is 11.9. The standard InChI is InChI=1S/C29H48O5/c1-24(2)10-12-28(15-24)13-11-26(4)18(22(28)33)6-7-20-25(3)14-19(32)23(34)29(16-30,17-31)21(25)8-9-27(20,26)5/h6,19-23,30-34H,7-17H2,1-5H3/t19-,20?,21?,22-,23-,25-,26-,27-,28+/m1/s1. The second-order valence-corrected chi connectivity index (χ2v) is 14.7. The predicted octanol–water partition coefficient (Wildman–Crippen LogP) is 3.81. The molecule has 0 aromatic rings. The van der Waals surface area contributed by atoms with Crippen LogP contribution in [0, 0.1) is 44.3 Å². The Balaban J connectivity index is 1.56. The zero-order valence-corrected chi connectivity index (χ0v) is 22.0. The first kappa shape index (κ1) is 25.2. The lowest BCUT2D eigenvalue weighted by Gasteiger charge is -2.71. The van der Waals surface area contributed by atoms with Crippen molar-refractivity contribution in [3.05, 3.63) is 11.6 Å². The van der Waals surface area contributed by atoms with Crippen LogP contribution in [0.4, 0.5) is 0 Å². The molecule has 0 saturated heterocycles. The Labute approximate surface area is 205 Å². The van der Waals surface area contributed by atoms with Crippen LogP contribution in [0.15, 0.2) is 11.6 Å². The minimum absolute atomic E-state index is 0.00716. The Morgan fingerprint density at radius 3 is 2.09 bits per heavy atom. The molecular formula is C29H48O5. The van der Waals surface area contributed by atoms with Crippen LogP contribution in [0.25, 0.3) is 0 Å². The molecule has 0 aromatic heterocycles. The first-order valence-corrected chi connectivity index (χ1v) is 13.7. The summed E-state index contributed by atoms with van der Waals surface area (Å²) in [6.07, 6.45) is 8.49. The molecule has 2 unspecified atom stereocenters. The van der Waals surface area contributed by atoms with Crippen molar-refractivity contribution in [3.8, 4) is 0 Å². The van der Waals surface area contributed by atoms with Gasteiger partial charge in [-0.15, -0.1) is 0 Å². The van der Waals surface area contributed by atoms with E-state index in [1.54, 1.807) is 0 Å². The van der Waals surface area contributed by atoms with Gasteiger partial charge in [-0.1, -0.05) is 40.7 Å². The van der Waals surface area contributed by atoms with E-state index >= 15 is 0 Å². The van der Waals surface area contributed by atoms with Crippen molar-refractivity contribution in [1.82, 2.24) is 0 Å². The molecule has 0 bridgehead atoms. The second kappa shape index (κ2) is 7.54. The van der Waals surface area contributed by atoms with Crippen LogP contribution in [-0.2, 0) is 0 Å². The number of rotatable bonds is 2. The van der Waals surface area contributed by atoms with E-state index in [-0.39, 0.29) is 52.8 Å². The highest BCUT2D eigenvalue weighted by Crippen LogP contribution is 2.74. The third-order valence-corrected chi connectivity index (χ3v) is 12.8. The lowest BCUT2D eigenvalue weighted by molar-refractivity contribution is -0.257. The van der Waals surface area contributed by atoms with Gasteiger partial charge in [0.25, 0.3) is 0 Å². The van der Waals surface area contributed by atoms with Crippen molar-refractivity contribution in [1.29, 1.82) is 0 Å². The Morgan fingerprint density at radius 2 is 1.50 bits per heavy atom. The van der Waals surface area contributed by atoms with Crippen molar-refractivity contribution >= 4 is 0 Å². The monoisotopic (exact) mass is 476 g/mol. The molecule has 5 N–H and O–H groups in total. The maximum absolute atomic E-state index is 11.9. The fourth-order valence-electron chi connectivity index (χ4n) is 10.7. The first-order chi connectivity index (χ1) is 15.8. The van der Waals surface area contributed by atoms with Crippen molar-refractivity contribution in [2.75, 3.05) is 13.2 Å². The van der Waals surface area contributed by atoms with Gasteiger partial charge < -0.3 is 25.5 Å². The van der Waals surface area contributed by atoms with Crippen LogP contribution >= 0.6 is 0 Å². The van der Waals surface area contributed by atoms with Gasteiger partial charge in [-0.05, 0) is 96.9 Å². The molecule has 4 fully saturated rings. The largest absolute Gasteiger partial charge is 0.396 e. The average molecular weight is 477 g/mol. The van der Waals surface area contributed by atoms with Gasteiger partial charge in [0.15, 0.2) is 0 Å². The van der Waals surface area contributed by atoms with Crippen LogP contribution in [0.5, 0.6) is 0 Å². The van der Waals surface area contributed by atoms with Gasteiger partial charge >= 0.3 is 0 Å². The number of fused-ring (bicyclic) bond motifs is 5. The van der Waals surface area contributed by atoms with Crippen LogP contribution in [0.2, 0.25) is 0 Å². The summed E-state index contributed by atoms with van der Waals surface area (Å²) < 4.78 is 0. The molecule has 0 aliphatic heterocycles. The van der Waals surface area contributed by atoms with E-state index in [0.29, 0.717) is 11.8 Å². The zero-order valence-electron chi connectivity index (χ0n) is 22.0. The summed E-state index contributed by atoms with van der Waals surface area (Å²) >= 11 is 0. The SMILES string of the molecule is CC1(C)CC[C@]2(CC[C@]3(C)C(=CCC4[C@@]5(C)C[C@@H](O)[C@@H](O)C(CO)(CO)C5CC[C@]43C)[C@H]2O)C1. The first-order valence-electron chi connectivity index (χ1n) is 13.7. The molecule has 9 atom stereocenters. The highest BCUT2D eigenvalue weighted by Gasteiger charge is 2.70. The van der Waals surface area contributed by atoms with Gasteiger partial charge in [0.05, 0.1) is 31.5 Å². The van der Waals surface area contributed by atoms with Gasteiger partial charge in [-0.3, -0.25) is 0 Å². The molecule has 4 saturated carbocycles. The Hall–Kier alpha value is -0.460. The highest BCUT2D eigenvalue weighted by molar-refractivity contribution is 5.34. The van der Waals surface area contributed by atoms with E-state index in [4.69, 9.17) is 0 Å². The lowest BCUT2D eigenvalue weighted by atomic mass is 9.34. The Kier molecular flexibility index (Phi) is 5.59. The predicted molar refractivity (Wildman–Crippen MR) is 132 cm³/mol. The number of allylic oxidation sites excluding steroid dienone is 1. The molecule has 0 aromatic carbocycles. The average Bonchev–Trinajstić information content (AvgIpc) is 3.09. The van der Waals surface area contributed by atoms with E-state index in [1.165, 1.54) is 12.0 Å². The number of hydrogen-bond acceptors (Lipinski definition) is 5. The van der Waals surface area contributed by atoms with E-state index < -0.39 is 17.6 Å². The highest BCUT2D eigenvalue weighted by atomic mass is 16.3. The molecule has 1 spiro atoms. The Morgan fingerprint density at radius 1 is 0.853 bits per heavy atom.